The van der Waals surface area contributed by atoms with Gasteiger partial charge in [0.15, 0.2) is 0 Å². The van der Waals surface area contributed by atoms with Gasteiger partial charge in [0.1, 0.15) is 5.75 Å². The summed E-state index contributed by atoms with van der Waals surface area (Å²) in [7, 11) is 1.69. The summed E-state index contributed by atoms with van der Waals surface area (Å²) in [5, 5.41) is 0. The van der Waals surface area contributed by atoms with Gasteiger partial charge in [-0.3, -0.25) is 0 Å². The summed E-state index contributed by atoms with van der Waals surface area (Å²) in [6.07, 6.45) is 7.70. The highest BCUT2D eigenvalue weighted by molar-refractivity contribution is 5.26. The second kappa shape index (κ2) is 10.0. The highest BCUT2D eigenvalue weighted by Gasteiger charge is 2.25. The van der Waals surface area contributed by atoms with Crippen LogP contribution < -0.4 is 4.74 Å². The van der Waals surface area contributed by atoms with Crippen LogP contribution in [0.3, 0.4) is 0 Å². The van der Waals surface area contributed by atoms with Crippen molar-refractivity contribution in [1.29, 1.82) is 0 Å². The quantitative estimate of drug-likeness (QED) is 0.409. The minimum Gasteiger partial charge on any atom is -0.497 e. The zero-order chi connectivity index (χ0) is 18.2. The molecule has 1 fully saturated rings. The Hall–Kier alpha value is -1.28. The first-order chi connectivity index (χ1) is 12.0. The number of rotatable bonds is 8. The van der Waals surface area contributed by atoms with E-state index in [9.17, 15) is 0 Å². The Balaban J connectivity index is 1.77. The molecular weight excluding hydrogens is 308 g/mol. The zero-order valence-corrected chi connectivity index (χ0v) is 16.8. The van der Waals surface area contributed by atoms with Crippen LogP contribution in [0.1, 0.15) is 58.9 Å². The summed E-state index contributed by atoms with van der Waals surface area (Å²) in [5.41, 5.74) is 2.91. The van der Waals surface area contributed by atoms with Crippen LogP contribution in [0.5, 0.6) is 5.75 Å². The fraction of sp³-hybridized carbons (Fsp3) is 0.652. The number of ether oxygens (including phenoxy) is 2. The lowest BCUT2D eigenvalue weighted by Crippen LogP contribution is -2.21. The Morgan fingerprint density at radius 1 is 1.12 bits per heavy atom. The molecule has 0 unspecified atom stereocenters. The Morgan fingerprint density at radius 3 is 2.48 bits per heavy atom. The summed E-state index contributed by atoms with van der Waals surface area (Å²) in [6, 6.07) is 8.12. The molecule has 140 valence electrons. The third-order valence-corrected chi connectivity index (χ3v) is 5.48. The topological polar surface area (TPSA) is 18.5 Å². The van der Waals surface area contributed by atoms with E-state index in [-0.39, 0.29) is 0 Å². The maximum atomic E-state index is 5.88. The Kier molecular flexibility index (Phi) is 8.02. The van der Waals surface area contributed by atoms with E-state index in [0.717, 1.165) is 36.5 Å². The van der Waals surface area contributed by atoms with Gasteiger partial charge in [-0.2, -0.15) is 0 Å². The van der Waals surface area contributed by atoms with E-state index >= 15 is 0 Å². The molecule has 0 aliphatic heterocycles. The molecule has 1 saturated carbocycles. The van der Waals surface area contributed by atoms with E-state index in [2.05, 4.69) is 45.9 Å². The van der Waals surface area contributed by atoms with Crippen molar-refractivity contribution in [3.8, 4) is 5.75 Å². The predicted octanol–water partition coefficient (Wildman–Crippen LogP) is 6.26. The van der Waals surface area contributed by atoms with E-state index in [1.807, 2.05) is 12.1 Å². The maximum absolute atomic E-state index is 5.88. The SMILES string of the molecule is COc1ccc(COCC[C@H](C)/C=C2\C[C@H](C)CC[C@H]2C(C)C)cc1. The number of hydrogen-bond acceptors (Lipinski definition) is 2. The summed E-state index contributed by atoms with van der Waals surface area (Å²) in [6.45, 7) is 11.0. The van der Waals surface area contributed by atoms with E-state index in [1.165, 1.54) is 24.8 Å². The van der Waals surface area contributed by atoms with Crippen molar-refractivity contribution in [3.05, 3.63) is 41.5 Å². The monoisotopic (exact) mass is 344 g/mol. The van der Waals surface area contributed by atoms with Gasteiger partial charge in [0.25, 0.3) is 0 Å². The van der Waals surface area contributed by atoms with Crippen LogP contribution in [0.25, 0.3) is 0 Å². The summed E-state index contributed by atoms with van der Waals surface area (Å²) < 4.78 is 11.1. The first-order valence-electron chi connectivity index (χ1n) is 9.90. The lowest BCUT2D eigenvalue weighted by Gasteiger charge is -2.33. The summed E-state index contributed by atoms with van der Waals surface area (Å²) in [4.78, 5) is 0. The highest BCUT2D eigenvalue weighted by Crippen LogP contribution is 2.38. The fourth-order valence-electron chi connectivity index (χ4n) is 3.89. The van der Waals surface area contributed by atoms with Gasteiger partial charge in [-0.05, 0) is 67.1 Å². The van der Waals surface area contributed by atoms with Crippen molar-refractivity contribution < 1.29 is 9.47 Å². The zero-order valence-electron chi connectivity index (χ0n) is 16.8. The predicted molar refractivity (Wildman–Crippen MR) is 106 cm³/mol. The molecule has 0 amide bonds. The Labute approximate surface area is 154 Å². The minimum absolute atomic E-state index is 0.595. The third-order valence-electron chi connectivity index (χ3n) is 5.48. The summed E-state index contributed by atoms with van der Waals surface area (Å²) in [5.74, 6) is 3.89. The smallest absolute Gasteiger partial charge is 0.118 e. The molecule has 2 nitrogen and oxygen atoms in total. The molecule has 0 saturated heterocycles. The molecule has 2 heteroatoms. The number of methoxy groups -OCH3 is 1. The first-order valence-corrected chi connectivity index (χ1v) is 9.90. The van der Waals surface area contributed by atoms with Crippen molar-refractivity contribution in [2.24, 2.45) is 23.7 Å². The van der Waals surface area contributed by atoms with Crippen molar-refractivity contribution >= 4 is 0 Å². The molecule has 1 aliphatic carbocycles. The lowest BCUT2D eigenvalue weighted by atomic mass is 9.73. The van der Waals surface area contributed by atoms with Crippen LogP contribution in [0.4, 0.5) is 0 Å². The van der Waals surface area contributed by atoms with Gasteiger partial charge >= 0.3 is 0 Å². The van der Waals surface area contributed by atoms with Crippen molar-refractivity contribution in [2.45, 2.75) is 60.0 Å². The van der Waals surface area contributed by atoms with E-state index in [0.29, 0.717) is 12.5 Å². The highest BCUT2D eigenvalue weighted by atomic mass is 16.5. The van der Waals surface area contributed by atoms with Crippen LogP contribution >= 0.6 is 0 Å². The molecule has 1 aromatic carbocycles. The van der Waals surface area contributed by atoms with Crippen molar-refractivity contribution in [2.75, 3.05) is 13.7 Å². The second-order valence-corrected chi connectivity index (χ2v) is 8.15. The lowest BCUT2D eigenvalue weighted by molar-refractivity contribution is 0.112. The van der Waals surface area contributed by atoms with Crippen LogP contribution in [0, 0.1) is 23.7 Å². The van der Waals surface area contributed by atoms with Gasteiger partial charge in [0.2, 0.25) is 0 Å². The van der Waals surface area contributed by atoms with Gasteiger partial charge in [-0.1, -0.05) is 51.5 Å². The summed E-state index contributed by atoms with van der Waals surface area (Å²) >= 11 is 0. The standard InChI is InChI=1S/C23H36O2/c1-17(2)23-11-6-18(3)14-21(23)15-19(4)12-13-25-16-20-7-9-22(24-5)10-8-20/h7-10,15,17-19,23H,6,11-14,16H2,1-5H3/b21-15+/t18-,19+,23+/m1/s1. The molecule has 0 N–H and O–H groups in total. The minimum atomic E-state index is 0.595. The Bertz CT molecular complexity index is 530. The second-order valence-electron chi connectivity index (χ2n) is 8.15. The van der Waals surface area contributed by atoms with Gasteiger partial charge in [0.05, 0.1) is 13.7 Å². The average Bonchev–Trinajstić information content (AvgIpc) is 2.59. The van der Waals surface area contributed by atoms with Gasteiger partial charge in [-0.25, -0.2) is 0 Å². The van der Waals surface area contributed by atoms with Gasteiger partial charge < -0.3 is 9.47 Å². The molecule has 25 heavy (non-hydrogen) atoms. The van der Waals surface area contributed by atoms with E-state index in [1.54, 1.807) is 12.7 Å². The molecule has 2 rings (SSSR count). The molecule has 0 heterocycles. The third kappa shape index (κ3) is 6.51. The fourth-order valence-corrected chi connectivity index (χ4v) is 3.89. The molecular formula is C23H36O2. The van der Waals surface area contributed by atoms with Crippen molar-refractivity contribution in [1.82, 2.24) is 0 Å². The molecule has 0 spiro atoms. The first kappa shape index (κ1) is 20.0. The van der Waals surface area contributed by atoms with E-state index in [4.69, 9.17) is 9.47 Å². The molecule has 3 atom stereocenters. The molecule has 0 aromatic heterocycles. The van der Waals surface area contributed by atoms with Crippen molar-refractivity contribution in [3.63, 3.8) is 0 Å². The molecule has 0 bridgehead atoms. The average molecular weight is 345 g/mol. The number of benzene rings is 1. The van der Waals surface area contributed by atoms with Crippen LogP contribution in [-0.4, -0.2) is 13.7 Å². The van der Waals surface area contributed by atoms with Crippen LogP contribution in [0.2, 0.25) is 0 Å². The van der Waals surface area contributed by atoms with Crippen LogP contribution in [-0.2, 0) is 11.3 Å². The number of allylic oxidation sites excluding steroid dienone is 2. The maximum Gasteiger partial charge on any atom is 0.118 e. The molecule has 1 aliphatic rings. The Morgan fingerprint density at radius 2 is 1.84 bits per heavy atom. The van der Waals surface area contributed by atoms with Gasteiger partial charge in [0, 0.05) is 6.61 Å². The molecule has 1 aromatic rings. The number of hydrogen-bond donors (Lipinski definition) is 0. The largest absolute Gasteiger partial charge is 0.497 e. The normalized spacial score (nSPS) is 23.8. The van der Waals surface area contributed by atoms with Crippen LogP contribution in [0.15, 0.2) is 35.9 Å². The van der Waals surface area contributed by atoms with Gasteiger partial charge in [-0.15, -0.1) is 0 Å². The molecule has 0 radical (unpaired) electrons. The van der Waals surface area contributed by atoms with E-state index < -0.39 is 0 Å².